The average Bonchev–Trinajstić information content (AvgIpc) is 3.05. The van der Waals surface area contributed by atoms with Crippen LogP contribution < -0.4 is 0 Å². The molecule has 1 unspecified atom stereocenters. The predicted octanol–water partition coefficient (Wildman–Crippen LogP) is 1.71. The molecule has 7 heteroatoms. The Morgan fingerprint density at radius 2 is 2.22 bits per heavy atom. The largest absolute Gasteiger partial charge is 0.368 e. The van der Waals surface area contributed by atoms with Crippen LogP contribution in [0.5, 0.6) is 0 Å². The van der Waals surface area contributed by atoms with Gasteiger partial charge in [0, 0.05) is 30.0 Å². The molecule has 0 spiro atoms. The number of rotatable bonds is 2. The SMILES string of the molecule is CC(C)(C)c1cc(C(=O)N2CCOC(c3cnccn3)C2)n[nH]1. The van der Waals surface area contributed by atoms with Crippen LogP contribution in [-0.2, 0) is 10.2 Å². The molecule has 1 amide bonds. The maximum Gasteiger partial charge on any atom is 0.274 e. The third-order valence-corrected chi connectivity index (χ3v) is 3.87. The minimum absolute atomic E-state index is 0.0707. The van der Waals surface area contributed by atoms with Crippen molar-refractivity contribution in [1.82, 2.24) is 25.1 Å². The Morgan fingerprint density at radius 1 is 1.39 bits per heavy atom. The molecule has 7 nitrogen and oxygen atoms in total. The summed E-state index contributed by atoms with van der Waals surface area (Å²) in [6.07, 6.45) is 4.67. The third-order valence-electron chi connectivity index (χ3n) is 3.87. The van der Waals surface area contributed by atoms with E-state index in [1.807, 2.05) is 6.07 Å². The van der Waals surface area contributed by atoms with Crippen molar-refractivity contribution in [3.05, 3.63) is 41.7 Å². The Bertz CT molecular complexity index is 677. The number of carbonyl (C=O) groups is 1. The Hall–Kier alpha value is -2.28. The number of nitrogens with one attached hydrogen (secondary N) is 1. The minimum Gasteiger partial charge on any atom is -0.368 e. The van der Waals surface area contributed by atoms with Gasteiger partial charge >= 0.3 is 0 Å². The van der Waals surface area contributed by atoms with Crippen LogP contribution in [-0.4, -0.2) is 50.7 Å². The summed E-state index contributed by atoms with van der Waals surface area (Å²) in [6.45, 7) is 7.71. The zero-order valence-corrected chi connectivity index (χ0v) is 13.6. The monoisotopic (exact) mass is 315 g/mol. The molecule has 1 aliphatic rings. The normalized spacial score (nSPS) is 18.9. The third kappa shape index (κ3) is 3.39. The second-order valence-electron chi connectivity index (χ2n) is 6.66. The van der Waals surface area contributed by atoms with Crippen molar-refractivity contribution >= 4 is 5.91 Å². The van der Waals surface area contributed by atoms with Gasteiger partial charge in [-0.15, -0.1) is 0 Å². The van der Waals surface area contributed by atoms with Gasteiger partial charge in [-0.3, -0.25) is 19.9 Å². The zero-order chi connectivity index (χ0) is 16.4. The van der Waals surface area contributed by atoms with Gasteiger partial charge in [0.2, 0.25) is 0 Å². The van der Waals surface area contributed by atoms with E-state index in [0.29, 0.717) is 25.4 Å². The van der Waals surface area contributed by atoms with Gasteiger partial charge in [-0.1, -0.05) is 20.8 Å². The van der Waals surface area contributed by atoms with E-state index in [1.54, 1.807) is 23.5 Å². The maximum atomic E-state index is 12.7. The van der Waals surface area contributed by atoms with Crippen molar-refractivity contribution in [2.24, 2.45) is 0 Å². The smallest absolute Gasteiger partial charge is 0.274 e. The molecule has 23 heavy (non-hydrogen) atoms. The average molecular weight is 315 g/mol. The summed E-state index contributed by atoms with van der Waals surface area (Å²) in [7, 11) is 0. The molecule has 0 bridgehead atoms. The van der Waals surface area contributed by atoms with Gasteiger partial charge in [0.1, 0.15) is 11.8 Å². The highest BCUT2D eigenvalue weighted by molar-refractivity contribution is 5.92. The molecule has 3 rings (SSSR count). The van der Waals surface area contributed by atoms with Gasteiger partial charge in [0.25, 0.3) is 5.91 Å². The lowest BCUT2D eigenvalue weighted by molar-refractivity contribution is -0.0250. The lowest BCUT2D eigenvalue weighted by Gasteiger charge is -2.32. The fraction of sp³-hybridized carbons (Fsp3) is 0.500. The maximum absolute atomic E-state index is 12.7. The number of H-pyrrole nitrogens is 1. The highest BCUT2D eigenvalue weighted by Gasteiger charge is 2.29. The molecule has 2 aromatic rings. The molecule has 122 valence electrons. The molecule has 1 aliphatic heterocycles. The fourth-order valence-corrected chi connectivity index (χ4v) is 2.47. The van der Waals surface area contributed by atoms with E-state index >= 15 is 0 Å². The number of ether oxygens (including phenoxy) is 1. The van der Waals surface area contributed by atoms with Gasteiger partial charge in [0.15, 0.2) is 0 Å². The topological polar surface area (TPSA) is 84.0 Å². The van der Waals surface area contributed by atoms with Crippen molar-refractivity contribution in [3.8, 4) is 0 Å². The van der Waals surface area contributed by atoms with Gasteiger partial charge in [0.05, 0.1) is 25.0 Å². The molecule has 2 aromatic heterocycles. The van der Waals surface area contributed by atoms with Crippen molar-refractivity contribution in [2.45, 2.75) is 32.3 Å². The Morgan fingerprint density at radius 3 is 2.87 bits per heavy atom. The lowest BCUT2D eigenvalue weighted by atomic mass is 9.92. The number of aromatic nitrogens is 4. The molecule has 1 saturated heterocycles. The summed E-state index contributed by atoms with van der Waals surface area (Å²) >= 11 is 0. The summed E-state index contributed by atoms with van der Waals surface area (Å²) in [5.74, 6) is -0.0889. The zero-order valence-electron chi connectivity index (χ0n) is 13.6. The quantitative estimate of drug-likeness (QED) is 0.912. The van der Waals surface area contributed by atoms with E-state index < -0.39 is 0 Å². The van der Waals surface area contributed by atoms with Crippen molar-refractivity contribution in [1.29, 1.82) is 0 Å². The van der Waals surface area contributed by atoms with Gasteiger partial charge in [-0.25, -0.2) is 0 Å². The molecule has 0 radical (unpaired) electrons. The van der Waals surface area contributed by atoms with Gasteiger partial charge in [-0.05, 0) is 6.07 Å². The summed E-state index contributed by atoms with van der Waals surface area (Å²) in [5.41, 5.74) is 2.05. The highest BCUT2D eigenvalue weighted by Crippen LogP contribution is 2.23. The summed E-state index contributed by atoms with van der Waals surface area (Å²) in [6, 6.07) is 1.83. The van der Waals surface area contributed by atoms with E-state index in [9.17, 15) is 4.79 Å². The fourth-order valence-electron chi connectivity index (χ4n) is 2.47. The van der Waals surface area contributed by atoms with E-state index in [4.69, 9.17) is 4.74 Å². The molecule has 3 heterocycles. The van der Waals surface area contributed by atoms with E-state index in [0.717, 1.165) is 11.4 Å². The number of hydrogen-bond donors (Lipinski definition) is 1. The second kappa shape index (κ2) is 6.08. The van der Waals surface area contributed by atoms with Gasteiger partial charge < -0.3 is 9.64 Å². The van der Waals surface area contributed by atoms with Crippen molar-refractivity contribution < 1.29 is 9.53 Å². The van der Waals surface area contributed by atoms with Crippen LogP contribution in [0.1, 0.15) is 48.8 Å². The van der Waals surface area contributed by atoms with E-state index in [-0.39, 0.29) is 17.4 Å². The van der Waals surface area contributed by atoms with Crippen LogP contribution in [0, 0.1) is 0 Å². The number of amides is 1. The Balaban J connectivity index is 1.73. The number of morpholine rings is 1. The minimum atomic E-state index is -0.248. The first kappa shape index (κ1) is 15.6. The lowest BCUT2D eigenvalue weighted by Crippen LogP contribution is -2.42. The Kier molecular flexibility index (Phi) is 4.12. The van der Waals surface area contributed by atoms with E-state index in [2.05, 4.69) is 40.9 Å². The number of hydrogen-bond acceptors (Lipinski definition) is 5. The molecule has 1 fully saturated rings. The van der Waals surface area contributed by atoms with Crippen LogP contribution in [0.4, 0.5) is 0 Å². The van der Waals surface area contributed by atoms with Crippen LogP contribution >= 0.6 is 0 Å². The molecule has 1 atom stereocenters. The first-order chi connectivity index (χ1) is 10.9. The Labute approximate surface area is 135 Å². The first-order valence-electron chi connectivity index (χ1n) is 7.68. The molecular formula is C16H21N5O2. The predicted molar refractivity (Wildman–Crippen MR) is 83.9 cm³/mol. The van der Waals surface area contributed by atoms with Crippen LogP contribution in [0.15, 0.2) is 24.7 Å². The molecule has 1 N–H and O–H groups in total. The molecular weight excluding hydrogens is 294 g/mol. The van der Waals surface area contributed by atoms with Crippen LogP contribution in [0.25, 0.3) is 0 Å². The van der Waals surface area contributed by atoms with Crippen LogP contribution in [0.2, 0.25) is 0 Å². The summed E-state index contributed by atoms with van der Waals surface area (Å²) in [5, 5.41) is 7.13. The van der Waals surface area contributed by atoms with Gasteiger partial charge in [-0.2, -0.15) is 5.10 Å². The summed E-state index contributed by atoms with van der Waals surface area (Å²) in [4.78, 5) is 22.7. The number of nitrogens with zero attached hydrogens (tertiary/aromatic N) is 4. The highest BCUT2D eigenvalue weighted by atomic mass is 16.5. The first-order valence-corrected chi connectivity index (χ1v) is 7.68. The van der Waals surface area contributed by atoms with Crippen molar-refractivity contribution in [3.63, 3.8) is 0 Å². The second-order valence-corrected chi connectivity index (χ2v) is 6.66. The molecule has 0 saturated carbocycles. The van der Waals surface area contributed by atoms with Crippen molar-refractivity contribution in [2.75, 3.05) is 19.7 Å². The molecule has 0 aliphatic carbocycles. The van der Waals surface area contributed by atoms with Crippen LogP contribution in [0.3, 0.4) is 0 Å². The summed E-state index contributed by atoms with van der Waals surface area (Å²) < 4.78 is 5.72. The number of aromatic amines is 1. The standard InChI is InChI=1S/C16H21N5O2/c1-16(2,3)14-8-11(19-20-14)15(22)21-6-7-23-13(10-21)12-9-17-4-5-18-12/h4-5,8-9,13H,6-7,10H2,1-3H3,(H,19,20). The van der Waals surface area contributed by atoms with E-state index in [1.165, 1.54) is 0 Å². The number of carbonyl (C=O) groups excluding carboxylic acids is 1. The molecule has 0 aromatic carbocycles.